The van der Waals surface area contributed by atoms with Gasteiger partial charge in [-0.3, -0.25) is 4.79 Å². The first kappa shape index (κ1) is 15.5. The van der Waals surface area contributed by atoms with Gasteiger partial charge >= 0.3 is 0 Å². The summed E-state index contributed by atoms with van der Waals surface area (Å²) in [5.74, 6) is -0.190. The molecule has 0 aliphatic heterocycles. The maximum atomic E-state index is 12.3. The minimum absolute atomic E-state index is 0.0984. The summed E-state index contributed by atoms with van der Waals surface area (Å²) >= 11 is 12.9. The second kappa shape index (κ2) is 7.25. The molecule has 20 heavy (non-hydrogen) atoms. The van der Waals surface area contributed by atoms with E-state index in [9.17, 15) is 4.79 Å². The first-order valence-electron chi connectivity index (χ1n) is 5.99. The third-order valence-electron chi connectivity index (χ3n) is 2.86. The van der Waals surface area contributed by atoms with E-state index in [1.54, 1.807) is 18.2 Å². The third-order valence-corrected chi connectivity index (χ3v) is 4.80. The van der Waals surface area contributed by atoms with E-state index < -0.39 is 0 Å². The lowest BCUT2D eigenvalue weighted by atomic mass is 10.1. The molecule has 0 aliphatic rings. The molecule has 104 valence electrons. The van der Waals surface area contributed by atoms with Crippen molar-refractivity contribution in [1.82, 2.24) is 5.32 Å². The van der Waals surface area contributed by atoms with E-state index in [1.807, 2.05) is 30.3 Å². The molecule has 1 N–H and O–H groups in total. The summed E-state index contributed by atoms with van der Waals surface area (Å²) in [5.41, 5.74) is 1.51. The van der Waals surface area contributed by atoms with Crippen LogP contribution in [0.5, 0.6) is 0 Å². The lowest BCUT2D eigenvalue weighted by Gasteiger charge is -2.17. The van der Waals surface area contributed by atoms with Gasteiger partial charge in [-0.2, -0.15) is 0 Å². The number of carbonyl (C=O) groups excluding carboxylic acids is 1. The standard InChI is InChI=1S/C15H12Br2ClNO/c16-9-13(10-5-2-1-3-6-10)19-15(20)11-7-4-8-12(17)14(11)18/h1-8,13H,9H2,(H,19,20). The van der Waals surface area contributed by atoms with E-state index in [-0.39, 0.29) is 11.9 Å². The minimum Gasteiger partial charge on any atom is -0.344 e. The molecule has 0 saturated carbocycles. The zero-order valence-corrected chi connectivity index (χ0v) is 14.4. The SMILES string of the molecule is O=C(NC(CBr)c1ccccc1)c1cccc(Br)c1Cl. The molecule has 0 bridgehead atoms. The van der Waals surface area contributed by atoms with E-state index in [1.165, 1.54) is 0 Å². The largest absolute Gasteiger partial charge is 0.344 e. The van der Waals surface area contributed by atoms with Gasteiger partial charge in [0.05, 0.1) is 16.6 Å². The molecule has 2 rings (SSSR count). The minimum atomic E-state index is -0.190. The quantitative estimate of drug-likeness (QED) is 0.700. The van der Waals surface area contributed by atoms with Crippen LogP contribution in [0.3, 0.4) is 0 Å². The summed E-state index contributed by atoms with van der Waals surface area (Å²) in [4.78, 5) is 12.3. The molecule has 0 saturated heterocycles. The van der Waals surface area contributed by atoms with Gasteiger partial charge < -0.3 is 5.32 Å². The van der Waals surface area contributed by atoms with Crippen molar-refractivity contribution < 1.29 is 4.79 Å². The van der Waals surface area contributed by atoms with Crippen LogP contribution >= 0.6 is 43.5 Å². The van der Waals surface area contributed by atoms with Crippen LogP contribution < -0.4 is 5.32 Å². The molecular weight excluding hydrogens is 405 g/mol. The number of carbonyl (C=O) groups is 1. The number of halogens is 3. The van der Waals surface area contributed by atoms with Crippen LogP contribution in [0.15, 0.2) is 53.0 Å². The Bertz CT molecular complexity index is 604. The molecule has 2 nitrogen and oxygen atoms in total. The van der Waals surface area contributed by atoms with Crippen molar-refractivity contribution in [3.63, 3.8) is 0 Å². The number of hydrogen-bond acceptors (Lipinski definition) is 1. The summed E-state index contributed by atoms with van der Waals surface area (Å²) in [6.45, 7) is 0. The molecule has 0 heterocycles. The van der Waals surface area contributed by atoms with Crippen molar-refractivity contribution in [2.45, 2.75) is 6.04 Å². The Kier molecular flexibility index (Phi) is 5.64. The summed E-state index contributed by atoms with van der Waals surface area (Å²) in [7, 11) is 0. The Morgan fingerprint density at radius 2 is 1.85 bits per heavy atom. The average molecular weight is 418 g/mol. The van der Waals surface area contributed by atoms with Gasteiger partial charge in [0.2, 0.25) is 0 Å². The lowest BCUT2D eigenvalue weighted by Crippen LogP contribution is -2.29. The molecule has 1 unspecified atom stereocenters. The van der Waals surface area contributed by atoms with E-state index >= 15 is 0 Å². The lowest BCUT2D eigenvalue weighted by molar-refractivity contribution is 0.0941. The Balaban J connectivity index is 2.20. The van der Waals surface area contributed by atoms with E-state index in [4.69, 9.17) is 11.6 Å². The highest BCUT2D eigenvalue weighted by molar-refractivity contribution is 9.10. The number of hydrogen-bond donors (Lipinski definition) is 1. The monoisotopic (exact) mass is 415 g/mol. The number of alkyl halides is 1. The van der Waals surface area contributed by atoms with Crippen molar-refractivity contribution in [3.8, 4) is 0 Å². The van der Waals surface area contributed by atoms with Crippen molar-refractivity contribution in [3.05, 3.63) is 69.2 Å². The Morgan fingerprint density at radius 3 is 2.50 bits per heavy atom. The molecule has 2 aromatic rings. The van der Waals surface area contributed by atoms with Crippen LogP contribution in [-0.2, 0) is 0 Å². The van der Waals surface area contributed by atoms with Gasteiger partial charge in [0.25, 0.3) is 5.91 Å². The van der Waals surface area contributed by atoms with E-state index in [2.05, 4.69) is 37.2 Å². The van der Waals surface area contributed by atoms with Crippen LogP contribution in [0, 0.1) is 0 Å². The second-order valence-electron chi connectivity index (χ2n) is 4.19. The van der Waals surface area contributed by atoms with Crippen LogP contribution in [-0.4, -0.2) is 11.2 Å². The highest BCUT2D eigenvalue weighted by atomic mass is 79.9. The first-order valence-corrected chi connectivity index (χ1v) is 8.28. The van der Waals surface area contributed by atoms with Crippen molar-refractivity contribution in [1.29, 1.82) is 0 Å². The van der Waals surface area contributed by atoms with Crippen molar-refractivity contribution >= 4 is 49.4 Å². The zero-order chi connectivity index (χ0) is 14.5. The molecule has 0 fully saturated rings. The molecule has 0 aromatic heterocycles. The van der Waals surface area contributed by atoms with Crippen LogP contribution in [0.25, 0.3) is 0 Å². The summed E-state index contributed by atoms with van der Waals surface area (Å²) < 4.78 is 0.710. The summed E-state index contributed by atoms with van der Waals surface area (Å²) in [6.07, 6.45) is 0. The maximum absolute atomic E-state index is 12.3. The first-order chi connectivity index (χ1) is 9.63. The predicted octanol–water partition coefficient (Wildman–Crippen LogP) is 4.97. The summed E-state index contributed by atoms with van der Waals surface area (Å²) in [5, 5.41) is 4.03. The normalized spacial score (nSPS) is 11.9. The smallest absolute Gasteiger partial charge is 0.253 e. The topological polar surface area (TPSA) is 29.1 Å². The Labute approximate surface area is 139 Å². The maximum Gasteiger partial charge on any atom is 0.253 e. The number of amides is 1. The predicted molar refractivity (Wildman–Crippen MR) is 89.6 cm³/mol. The number of benzene rings is 2. The Morgan fingerprint density at radius 1 is 1.15 bits per heavy atom. The van der Waals surface area contributed by atoms with E-state index in [0.717, 1.165) is 5.56 Å². The van der Waals surface area contributed by atoms with Gasteiger partial charge in [0.15, 0.2) is 0 Å². The van der Waals surface area contributed by atoms with Gasteiger partial charge in [0, 0.05) is 9.80 Å². The third kappa shape index (κ3) is 3.62. The molecule has 2 aromatic carbocycles. The van der Waals surface area contributed by atoms with Gasteiger partial charge in [-0.05, 0) is 33.6 Å². The molecule has 1 amide bonds. The number of nitrogens with one attached hydrogen (secondary N) is 1. The molecule has 0 spiro atoms. The highest BCUT2D eigenvalue weighted by Gasteiger charge is 2.17. The second-order valence-corrected chi connectivity index (χ2v) is 6.07. The highest BCUT2D eigenvalue weighted by Crippen LogP contribution is 2.26. The van der Waals surface area contributed by atoms with E-state index in [0.29, 0.717) is 20.4 Å². The van der Waals surface area contributed by atoms with Crippen LogP contribution in [0.4, 0.5) is 0 Å². The van der Waals surface area contributed by atoms with Gasteiger partial charge in [-0.15, -0.1) is 0 Å². The average Bonchev–Trinajstić information content (AvgIpc) is 2.48. The molecule has 5 heteroatoms. The number of rotatable bonds is 4. The van der Waals surface area contributed by atoms with Crippen LogP contribution in [0.1, 0.15) is 22.0 Å². The molecule has 0 radical (unpaired) electrons. The molecule has 0 aliphatic carbocycles. The molecule has 1 atom stereocenters. The van der Waals surface area contributed by atoms with Crippen LogP contribution in [0.2, 0.25) is 5.02 Å². The van der Waals surface area contributed by atoms with Crippen molar-refractivity contribution in [2.24, 2.45) is 0 Å². The van der Waals surface area contributed by atoms with Gasteiger partial charge in [-0.25, -0.2) is 0 Å². The fraction of sp³-hybridized carbons (Fsp3) is 0.133. The zero-order valence-electron chi connectivity index (χ0n) is 10.4. The van der Waals surface area contributed by atoms with Gasteiger partial charge in [-0.1, -0.05) is 63.9 Å². The summed E-state index contributed by atoms with van der Waals surface area (Å²) in [6, 6.07) is 15.0. The Hall–Kier alpha value is -0.840. The molecular formula is C15H12Br2ClNO. The van der Waals surface area contributed by atoms with Crippen molar-refractivity contribution in [2.75, 3.05) is 5.33 Å². The fourth-order valence-electron chi connectivity index (χ4n) is 1.81. The van der Waals surface area contributed by atoms with Gasteiger partial charge in [0.1, 0.15) is 0 Å². The fourth-order valence-corrected chi connectivity index (χ4v) is 2.93.